The quantitative estimate of drug-likeness (QED) is 0.579. The number of anilines is 2. The van der Waals surface area contributed by atoms with Gasteiger partial charge in [-0.15, -0.1) is 10.2 Å². The maximum Gasteiger partial charge on any atom is 0.234 e. The molecular formula is C22H28ClN5O2S. The summed E-state index contributed by atoms with van der Waals surface area (Å²) in [7, 11) is 0. The van der Waals surface area contributed by atoms with Gasteiger partial charge in [-0.3, -0.25) is 9.59 Å². The predicted octanol–water partition coefficient (Wildman–Crippen LogP) is 3.91. The summed E-state index contributed by atoms with van der Waals surface area (Å²) in [5, 5.41) is 15.7. The molecule has 2 N–H and O–H groups in total. The maximum atomic E-state index is 12.3. The van der Waals surface area contributed by atoms with E-state index in [1.165, 1.54) is 11.8 Å². The van der Waals surface area contributed by atoms with Crippen molar-refractivity contribution in [3.63, 3.8) is 0 Å². The van der Waals surface area contributed by atoms with Gasteiger partial charge in [0.25, 0.3) is 0 Å². The van der Waals surface area contributed by atoms with Crippen LogP contribution in [0.5, 0.6) is 0 Å². The second-order valence-corrected chi connectivity index (χ2v) is 8.96. The van der Waals surface area contributed by atoms with Gasteiger partial charge in [-0.05, 0) is 56.0 Å². The zero-order chi connectivity index (χ0) is 22.2. The van der Waals surface area contributed by atoms with Gasteiger partial charge in [0.1, 0.15) is 5.03 Å². The summed E-state index contributed by atoms with van der Waals surface area (Å²) in [5.41, 5.74) is 1.55. The Labute approximate surface area is 192 Å². The third-order valence-corrected chi connectivity index (χ3v) is 6.51. The summed E-state index contributed by atoms with van der Waals surface area (Å²) in [5.74, 6) is 0.959. The van der Waals surface area contributed by atoms with Gasteiger partial charge in [0.05, 0.1) is 11.7 Å². The molecule has 0 saturated carbocycles. The first kappa shape index (κ1) is 23.3. The minimum Gasteiger partial charge on any atom is -0.356 e. The predicted molar refractivity (Wildman–Crippen MR) is 126 cm³/mol. The van der Waals surface area contributed by atoms with Crippen LogP contribution in [0.3, 0.4) is 0 Å². The van der Waals surface area contributed by atoms with Crippen LogP contribution in [0.2, 0.25) is 5.02 Å². The van der Waals surface area contributed by atoms with Crippen molar-refractivity contribution in [2.45, 2.75) is 38.1 Å². The number of aromatic nitrogens is 2. The molecule has 1 atom stereocenters. The number of amides is 2. The van der Waals surface area contributed by atoms with E-state index in [1.54, 1.807) is 12.1 Å². The Morgan fingerprint density at radius 2 is 2.10 bits per heavy atom. The second kappa shape index (κ2) is 11.3. The van der Waals surface area contributed by atoms with E-state index in [2.05, 4.69) is 25.7 Å². The molecule has 1 fully saturated rings. The van der Waals surface area contributed by atoms with Crippen molar-refractivity contribution in [2.24, 2.45) is 5.92 Å². The summed E-state index contributed by atoms with van der Waals surface area (Å²) in [6.07, 6.45) is 2.78. The van der Waals surface area contributed by atoms with Crippen molar-refractivity contribution in [2.75, 3.05) is 35.6 Å². The van der Waals surface area contributed by atoms with Crippen LogP contribution in [0.15, 0.2) is 35.4 Å². The van der Waals surface area contributed by atoms with Crippen molar-refractivity contribution in [3.8, 4) is 0 Å². The Morgan fingerprint density at radius 3 is 2.84 bits per heavy atom. The molecule has 3 rings (SSSR count). The number of thioether (sulfide) groups is 1. The van der Waals surface area contributed by atoms with E-state index >= 15 is 0 Å². The standard InChI is InChI=1S/C22H28ClN5O2S/c1-3-11-24-22(30)16-6-5-12-28(13-16)19-9-10-21(27-26-19)31-14-20(29)25-18-8-4-7-17(23)15(18)2/h4,7-10,16H,3,5-6,11-14H2,1-2H3,(H,24,30)(H,25,29)/t16-/m1/s1. The molecule has 2 heterocycles. The lowest BCUT2D eigenvalue weighted by atomic mass is 9.97. The number of rotatable bonds is 8. The molecule has 2 aromatic rings. The van der Waals surface area contributed by atoms with Gasteiger partial charge < -0.3 is 15.5 Å². The number of nitrogens with zero attached hydrogens (tertiary/aromatic N) is 3. The average Bonchev–Trinajstić information content (AvgIpc) is 2.79. The van der Waals surface area contributed by atoms with Crippen molar-refractivity contribution in [1.82, 2.24) is 15.5 Å². The molecule has 1 aliphatic rings. The molecule has 0 radical (unpaired) electrons. The first-order valence-corrected chi connectivity index (χ1v) is 11.9. The number of hydrogen-bond donors (Lipinski definition) is 2. The van der Waals surface area contributed by atoms with E-state index in [9.17, 15) is 9.59 Å². The monoisotopic (exact) mass is 461 g/mol. The van der Waals surface area contributed by atoms with Gasteiger partial charge in [0.2, 0.25) is 11.8 Å². The number of nitrogens with one attached hydrogen (secondary N) is 2. The van der Waals surface area contributed by atoms with Gasteiger partial charge in [-0.2, -0.15) is 0 Å². The third-order valence-electron chi connectivity index (χ3n) is 5.18. The minimum atomic E-state index is -0.127. The molecule has 9 heteroatoms. The van der Waals surface area contributed by atoms with E-state index in [-0.39, 0.29) is 23.5 Å². The Balaban J connectivity index is 1.51. The fraction of sp³-hybridized carbons (Fsp3) is 0.455. The highest BCUT2D eigenvalue weighted by Gasteiger charge is 2.26. The van der Waals surface area contributed by atoms with Gasteiger partial charge in [-0.25, -0.2) is 0 Å². The smallest absolute Gasteiger partial charge is 0.234 e. The summed E-state index contributed by atoms with van der Waals surface area (Å²) >= 11 is 7.42. The van der Waals surface area contributed by atoms with E-state index in [1.807, 2.05) is 32.0 Å². The fourth-order valence-corrected chi connectivity index (χ4v) is 4.21. The highest BCUT2D eigenvalue weighted by Crippen LogP contribution is 2.25. The van der Waals surface area contributed by atoms with Crippen LogP contribution in [0.4, 0.5) is 11.5 Å². The topological polar surface area (TPSA) is 87.2 Å². The largest absolute Gasteiger partial charge is 0.356 e. The van der Waals surface area contributed by atoms with Crippen molar-refractivity contribution in [3.05, 3.63) is 40.9 Å². The van der Waals surface area contributed by atoms with E-state index < -0.39 is 0 Å². The summed E-state index contributed by atoms with van der Waals surface area (Å²) in [6.45, 7) is 6.14. The lowest BCUT2D eigenvalue weighted by Gasteiger charge is -2.32. The van der Waals surface area contributed by atoms with Crippen LogP contribution in [0.1, 0.15) is 31.7 Å². The van der Waals surface area contributed by atoms with Gasteiger partial charge in [-0.1, -0.05) is 36.4 Å². The zero-order valence-corrected chi connectivity index (χ0v) is 19.4. The summed E-state index contributed by atoms with van der Waals surface area (Å²) in [4.78, 5) is 26.7. The van der Waals surface area contributed by atoms with Crippen molar-refractivity contribution in [1.29, 1.82) is 0 Å². The van der Waals surface area contributed by atoms with Crippen LogP contribution >= 0.6 is 23.4 Å². The van der Waals surface area contributed by atoms with Crippen molar-refractivity contribution >= 4 is 46.7 Å². The Kier molecular flexibility index (Phi) is 8.54. The molecule has 0 unspecified atom stereocenters. The lowest BCUT2D eigenvalue weighted by Crippen LogP contribution is -2.43. The molecule has 7 nitrogen and oxygen atoms in total. The van der Waals surface area contributed by atoms with Gasteiger partial charge >= 0.3 is 0 Å². The third kappa shape index (κ3) is 6.58. The minimum absolute atomic E-state index is 0.0187. The van der Waals surface area contributed by atoms with E-state index in [0.717, 1.165) is 37.2 Å². The first-order chi connectivity index (χ1) is 15.0. The zero-order valence-electron chi connectivity index (χ0n) is 17.9. The number of halogens is 1. The van der Waals surface area contributed by atoms with Crippen molar-refractivity contribution < 1.29 is 9.59 Å². The van der Waals surface area contributed by atoms with E-state index in [4.69, 9.17) is 11.6 Å². The molecule has 0 spiro atoms. The molecule has 2 amide bonds. The average molecular weight is 462 g/mol. The number of carbonyl (C=O) groups excluding carboxylic acids is 2. The van der Waals surface area contributed by atoms with Crippen LogP contribution in [0, 0.1) is 12.8 Å². The number of hydrogen-bond acceptors (Lipinski definition) is 6. The Bertz CT molecular complexity index is 909. The molecule has 1 aromatic carbocycles. The Morgan fingerprint density at radius 1 is 1.26 bits per heavy atom. The molecule has 0 aliphatic carbocycles. The summed E-state index contributed by atoms with van der Waals surface area (Å²) < 4.78 is 0. The molecule has 166 valence electrons. The first-order valence-electron chi connectivity index (χ1n) is 10.5. The second-order valence-electron chi connectivity index (χ2n) is 7.56. The maximum absolute atomic E-state index is 12.3. The van der Waals surface area contributed by atoms with E-state index in [0.29, 0.717) is 28.8 Å². The Hall–Kier alpha value is -2.32. The van der Waals surface area contributed by atoms with Crippen LogP contribution in [-0.2, 0) is 9.59 Å². The number of carbonyl (C=O) groups is 2. The SMILES string of the molecule is CCCNC(=O)[C@@H]1CCCN(c2ccc(SCC(=O)Nc3cccc(Cl)c3C)nn2)C1. The van der Waals surface area contributed by atoms with Crippen LogP contribution in [0.25, 0.3) is 0 Å². The molecule has 1 aromatic heterocycles. The van der Waals surface area contributed by atoms with Gasteiger partial charge in [0, 0.05) is 30.3 Å². The summed E-state index contributed by atoms with van der Waals surface area (Å²) in [6, 6.07) is 9.20. The van der Waals surface area contributed by atoms with Crippen LogP contribution in [-0.4, -0.2) is 47.4 Å². The molecule has 31 heavy (non-hydrogen) atoms. The highest BCUT2D eigenvalue weighted by atomic mass is 35.5. The number of benzene rings is 1. The molecule has 1 saturated heterocycles. The van der Waals surface area contributed by atoms with Gasteiger partial charge in [0.15, 0.2) is 5.82 Å². The lowest BCUT2D eigenvalue weighted by molar-refractivity contribution is -0.125. The highest BCUT2D eigenvalue weighted by molar-refractivity contribution is 7.99. The molecule has 1 aliphatic heterocycles. The fourth-order valence-electron chi connectivity index (χ4n) is 3.42. The number of piperidine rings is 1. The normalized spacial score (nSPS) is 16.1. The molecule has 0 bridgehead atoms. The van der Waals surface area contributed by atoms with Crippen LogP contribution < -0.4 is 15.5 Å². The molecular weight excluding hydrogens is 434 g/mol.